The van der Waals surface area contributed by atoms with E-state index in [0.717, 1.165) is 0 Å². The van der Waals surface area contributed by atoms with Gasteiger partial charge in [-0.15, -0.1) is 0 Å². The molecule has 0 aliphatic heterocycles. The highest BCUT2D eigenvalue weighted by molar-refractivity contribution is 9.10. The number of nitro groups is 1. The van der Waals surface area contributed by atoms with Crippen LogP contribution in [-0.2, 0) is 0 Å². The van der Waals surface area contributed by atoms with Crippen LogP contribution >= 0.6 is 28.1 Å². The van der Waals surface area contributed by atoms with Crippen molar-refractivity contribution in [1.82, 2.24) is 0 Å². The van der Waals surface area contributed by atoms with Crippen molar-refractivity contribution in [2.45, 2.75) is 0 Å². The molecule has 0 saturated carbocycles. The summed E-state index contributed by atoms with van der Waals surface area (Å²) in [7, 11) is 0. The van der Waals surface area contributed by atoms with E-state index in [2.05, 4.69) is 15.9 Å². The lowest BCUT2D eigenvalue weighted by Gasteiger charge is -1.99. The van der Waals surface area contributed by atoms with Gasteiger partial charge in [-0.3, -0.25) is 10.1 Å². The molecule has 1 aromatic rings. The molecule has 0 saturated heterocycles. The Kier molecular flexibility index (Phi) is 2.94. The second-order valence-corrected chi connectivity index (χ2v) is 3.67. The summed E-state index contributed by atoms with van der Waals surface area (Å²) in [5, 5.41) is 10.4. The number of halogens is 1. The Morgan fingerprint density at radius 3 is 2.62 bits per heavy atom. The minimum absolute atomic E-state index is 0.0304. The number of hydrogen-bond donors (Lipinski definition) is 1. The molecule has 0 aromatic heterocycles. The molecule has 68 valence electrons. The van der Waals surface area contributed by atoms with E-state index in [1.54, 1.807) is 6.07 Å². The standard InChI is InChI=1S/C7H5BrN2O2S/c8-5-1-4(7(9)13)2-6(3-5)10(11)12/h1-3H,(H2,9,13). The van der Waals surface area contributed by atoms with Crippen molar-refractivity contribution in [2.24, 2.45) is 5.73 Å². The molecule has 1 rings (SSSR count). The SMILES string of the molecule is NC(=S)c1cc(Br)cc([N+](=O)[O-])c1. The van der Waals surface area contributed by atoms with Crippen molar-refractivity contribution in [2.75, 3.05) is 0 Å². The normalized spacial score (nSPS) is 9.62. The number of rotatable bonds is 2. The van der Waals surface area contributed by atoms with Gasteiger partial charge in [-0.2, -0.15) is 0 Å². The fraction of sp³-hybridized carbons (Fsp3) is 0. The van der Waals surface area contributed by atoms with Crippen LogP contribution in [-0.4, -0.2) is 9.91 Å². The van der Waals surface area contributed by atoms with E-state index in [9.17, 15) is 10.1 Å². The minimum Gasteiger partial charge on any atom is -0.389 e. The van der Waals surface area contributed by atoms with Gasteiger partial charge in [0.05, 0.1) is 4.92 Å². The van der Waals surface area contributed by atoms with Crippen molar-refractivity contribution in [3.63, 3.8) is 0 Å². The first-order valence-electron chi connectivity index (χ1n) is 3.25. The maximum atomic E-state index is 10.4. The fourth-order valence-electron chi connectivity index (χ4n) is 0.822. The highest BCUT2D eigenvalue weighted by Gasteiger charge is 2.09. The summed E-state index contributed by atoms with van der Waals surface area (Å²) in [4.78, 5) is 10.1. The lowest BCUT2D eigenvalue weighted by molar-refractivity contribution is -0.384. The second kappa shape index (κ2) is 3.80. The largest absolute Gasteiger partial charge is 0.389 e. The summed E-state index contributed by atoms with van der Waals surface area (Å²) >= 11 is 7.83. The van der Waals surface area contributed by atoms with Gasteiger partial charge in [0.2, 0.25) is 0 Å². The maximum absolute atomic E-state index is 10.4. The van der Waals surface area contributed by atoms with Crippen LogP contribution in [0.3, 0.4) is 0 Å². The van der Waals surface area contributed by atoms with Crippen LogP contribution in [0.1, 0.15) is 5.56 Å². The molecule has 0 amide bonds. The lowest BCUT2D eigenvalue weighted by Crippen LogP contribution is -2.09. The van der Waals surface area contributed by atoms with E-state index in [1.165, 1.54) is 12.1 Å². The Morgan fingerprint density at radius 1 is 1.54 bits per heavy atom. The highest BCUT2D eigenvalue weighted by Crippen LogP contribution is 2.21. The number of nitro benzene ring substituents is 1. The van der Waals surface area contributed by atoms with E-state index in [0.29, 0.717) is 10.0 Å². The van der Waals surface area contributed by atoms with Crippen LogP contribution < -0.4 is 5.73 Å². The van der Waals surface area contributed by atoms with E-state index in [1.807, 2.05) is 0 Å². The average molecular weight is 261 g/mol. The molecule has 0 heterocycles. The molecule has 0 atom stereocenters. The topological polar surface area (TPSA) is 69.2 Å². The summed E-state index contributed by atoms with van der Waals surface area (Å²) in [6, 6.07) is 4.37. The molecule has 0 radical (unpaired) electrons. The first kappa shape index (κ1) is 10.1. The summed E-state index contributed by atoms with van der Waals surface area (Å²) in [6.45, 7) is 0. The molecule has 0 aliphatic carbocycles. The maximum Gasteiger partial charge on any atom is 0.271 e. The lowest BCUT2D eigenvalue weighted by atomic mass is 10.2. The second-order valence-electron chi connectivity index (χ2n) is 2.32. The van der Waals surface area contributed by atoms with Crippen LogP contribution in [0.5, 0.6) is 0 Å². The number of nitrogens with two attached hydrogens (primary N) is 1. The molecule has 1 aromatic carbocycles. The van der Waals surface area contributed by atoms with Crippen LogP contribution in [0.2, 0.25) is 0 Å². The van der Waals surface area contributed by atoms with Gasteiger partial charge in [-0.25, -0.2) is 0 Å². The Bertz CT molecular complexity index is 349. The van der Waals surface area contributed by atoms with E-state index in [-0.39, 0.29) is 10.7 Å². The molecule has 13 heavy (non-hydrogen) atoms. The molecule has 2 N–H and O–H groups in total. The Balaban J connectivity index is 3.26. The average Bonchev–Trinajstić information content (AvgIpc) is 2.03. The molecule has 0 fully saturated rings. The van der Waals surface area contributed by atoms with Gasteiger partial charge in [-0.05, 0) is 6.07 Å². The zero-order valence-electron chi connectivity index (χ0n) is 6.36. The number of benzene rings is 1. The van der Waals surface area contributed by atoms with E-state index >= 15 is 0 Å². The zero-order chi connectivity index (χ0) is 10.0. The van der Waals surface area contributed by atoms with Crippen molar-refractivity contribution in [3.8, 4) is 0 Å². The number of nitrogens with zero attached hydrogens (tertiary/aromatic N) is 1. The number of hydrogen-bond acceptors (Lipinski definition) is 3. The summed E-state index contributed by atoms with van der Waals surface area (Å²) in [5.74, 6) is 0. The number of non-ortho nitro benzene ring substituents is 1. The summed E-state index contributed by atoms with van der Waals surface area (Å²) in [5.41, 5.74) is 5.79. The molecule has 6 heteroatoms. The fourth-order valence-corrected chi connectivity index (χ4v) is 1.42. The Morgan fingerprint density at radius 2 is 2.15 bits per heavy atom. The van der Waals surface area contributed by atoms with Crippen molar-refractivity contribution < 1.29 is 4.92 Å². The molecular weight excluding hydrogens is 256 g/mol. The smallest absolute Gasteiger partial charge is 0.271 e. The van der Waals surface area contributed by atoms with E-state index in [4.69, 9.17) is 18.0 Å². The van der Waals surface area contributed by atoms with Crippen LogP contribution in [0, 0.1) is 10.1 Å². The summed E-state index contributed by atoms with van der Waals surface area (Å²) < 4.78 is 0.588. The van der Waals surface area contributed by atoms with Gasteiger partial charge in [0.1, 0.15) is 4.99 Å². The van der Waals surface area contributed by atoms with Gasteiger partial charge in [0.25, 0.3) is 5.69 Å². The molecule has 0 unspecified atom stereocenters. The van der Waals surface area contributed by atoms with Gasteiger partial charge in [0.15, 0.2) is 0 Å². The predicted octanol–water partition coefficient (Wildman–Crippen LogP) is 1.99. The third kappa shape index (κ3) is 2.46. The first-order valence-corrected chi connectivity index (χ1v) is 4.45. The number of thiocarbonyl (C=S) groups is 1. The van der Waals surface area contributed by atoms with Crippen molar-refractivity contribution in [3.05, 3.63) is 38.3 Å². The van der Waals surface area contributed by atoms with Gasteiger partial charge >= 0.3 is 0 Å². The molecule has 4 nitrogen and oxygen atoms in total. The van der Waals surface area contributed by atoms with E-state index < -0.39 is 4.92 Å². The molecular formula is C7H5BrN2O2S. The van der Waals surface area contributed by atoms with Crippen LogP contribution in [0.25, 0.3) is 0 Å². The van der Waals surface area contributed by atoms with Crippen molar-refractivity contribution in [1.29, 1.82) is 0 Å². The third-order valence-electron chi connectivity index (χ3n) is 1.38. The third-order valence-corrected chi connectivity index (χ3v) is 2.07. The first-order chi connectivity index (χ1) is 6.00. The quantitative estimate of drug-likeness (QED) is 0.502. The van der Waals surface area contributed by atoms with Crippen molar-refractivity contribution >= 4 is 38.8 Å². The van der Waals surface area contributed by atoms with Gasteiger partial charge < -0.3 is 5.73 Å². The molecule has 0 spiro atoms. The molecule has 0 bridgehead atoms. The Labute approximate surface area is 88.0 Å². The highest BCUT2D eigenvalue weighted by atomic mass is 79.9. The van der Waals surface area contributed by atoms with Crippen LogP contribution in [0.4, 0.5) is 5.69 Å². The Hall–Kier alpha value is -1.01. The predicted molar refractivity (Wildman–Crippen MR) is 56.7 cm³/mol. The monoisotopic (exact) mass is 260 g/mol. The van der Waals surface area contributed by atoms with Gasteiger partial charge in [0, 0.05) is 22.2 Å². The van der Waals surface area contributed by atoms with Gasteiger partial charge in [-0.1, -0.05) is 28.1 Å². The van der Waals surface area contributed by atoms with Crippen LogP contribution in [0.15, 0.2) is 22.7 Å². The minimum atomic E-state index is -0.494. The summed E-state index contributed by atoms with van der Waals surface area (Å²) in [6.07, 6.45) is 0. The zero-order valence-corrected chi connectivity index (χ0v) is 8.76. The molecule has 0 aliphatic rings.